The number of aliphatic carboxylic acids is 1. The third-order valence-corrected chi connectivity index (χ3v) is 3.54. The predicted molar refractivity (Wildman–Crippen MR) is 68.6 cm³/mol. The first-order valence-corrected chi connectivity index (χ1v) is 6.12. The molecule has 4 nitrogen and oxygen atoms in total. The zero-order valence-electron chi connectivity index (χ0n) is 9.74. The van der Waals surface area contributed by atoms with Gasteiger partial charge in [-0.3, -0.25) is 4.79 Å². The van der Waals surface area contributed by atoms with E-state index in [1.54, 1.807) is 18.2 Å². The van der Waals surface area contributed by atoms with Crippen LogP contribution in [0.25, 0.3) is 0 Å². The maximum atomic E-state index is 10.9. The molecule has 0 saturated heterocycles. The van der Waals surface area contributed by atoms with Crippen LogP contribution in [-0.4, -0.2) is 16.6 Å². The highest BCUT2D eigenvalue weighted by Gasteiger charge is 2.39. The van der Waals surface area contributed by atoms with Crippen molar-refractivity contribution in [2.45, 2.75) is 31.2 Å². The summed E-state index contributed by atoms with van der Waals surface area (Å²) in [6, 6.07) is 7.06. The Bertz CT molecular complexity index is 518. The lowest BCUT2D eigenvalue weighted by Crippen LogP contribution is -2.46. The van der Waals surface area contributed by atoms with Crippen LogP contribution in [0.4, 0.5) is 5.69 Å². The standard InChI is InChI=1S/C13H13ClN2O2/c14-10-2-3-11(9(6-10)8-15)16-13(4-1-5-13)7-12(17)18/h2-3,6,16H,1,4-5,7H2,(H,17,18). The number of carboxylic acids is 1. The van der Waals surface area contributed by atoms with Crippen molar-refractivity contribution < 1.29 is 9.90 Å². The Labute approximate surface area is 110 Å². The Morgan fingerprint density at radius 1 is 1.56 bits per heavy atom. The fraction of sp³-hybridized carbons (Fsp3) is 0.385. The summed E-state index contributed by atoms with van der Waals surface area (Å²) in [4.78, 5) is 10.9. The first-order chi connectivity index (χ1) is 8.54. The van der Waals surface area contributed by atoms with Crippen LogP contribution in [-0.2, 0) is 4.79 Å². The van der Waals surface area contributed by atoms with Crippen molar-refractivity contribution in [1.29, 1.82) is 5.26 Å². The van der Waals surface area contributed by atoms with Gasteiger partial charge in [-0.15, -0.1) is 0 Å². The summed E-state index contributed by atoms with van der Waals surface area (Å²) in [5.74, 6) is -0.824. The van der Waals surface area contributed by atoms with Crippen LogP contribution in [0.1, 0.15) is 31.2 Å². The minimum atomic E-state index is -0.824. The highest BCUT2D eigenvalue weighted by Crippen LogP contribution is 2.39. The molecule has 1 fully saturated rings. The number of hydrogen-bond donors (Lipinski definition) is 2. The molecule has 5 heteroatoms. The quantitative estimate of drug-likeness (QED) is 0.877. The Hall–Kier alpha value is -1.73. The molecule has 2 N–H and O–H groups in total. The van der Waals surface area contributed by atoms with Crippen LogP contribution in [0.2, 0.25) is 5.02 Å². The minimum absolute atomic E-state index is 0.0699. The number of hydrogen-bond acceptors (Lipinski definition) is 3. The number of benzene rings is 1. The highest BCUT2D eigenvalue weighted by atomic mass is 35.5. The molecule has 0 unspecified atom stereocenters. The Balaban J connectivity index is 2.23. The minimum Gasteiger partial charge on any atom is -0.481 e. The molecular weight excluding hydrogens is 252 g/mol. The van der Waals surface area contributed by atoms with Crippen LogP contribution in [0.5, 0.6) is 0 Å². The summed E-state index contributed by atoms with van der Waals surface area (Å²) in [6.45, 7) is 0. The van der Waals surface area contributed by atoms with Crippen molar-refractivity contribution in [2.75, 3.05) is 5.32 Å². The number of rotatable bonds is 4. The zero-order valence-corrected chi connectivity index (χ0v) is 10.5. The van der Waals surface area contributed by atoms with E-state index in [0.29, 0.717) is 16.3 Å². The van der Waals surface area contributed by atoms with Gasteiger partial charge in [0.05, 0.1) is 17.7 Å². The normalized spacial score (nSPS) is 16.4. The first-order valence-electron chi connectivity index (χ1n) is 5.74. The number of anilines is 1. The van der Waals surface area contributed by atoms with Gasteiger partial charge in [0.1, 0.15) is 6.07 Å². The molecule has 1 aliphatic carbocycles. The molecule has 0 aliphatic heterocycles. The number of halogens is 1. The molecule has 0 amide bonds. The maximum Gasteiger partial charge on any atom is 0.305 e. The molecular formula is C13H13ClN2O2. The summed E-state index contributed by atoms with van der Waals surface area (Å²) in [5.41, 5.74) is 0.688. The van der Waals surface area contributed by atoms with Gasteiger partial charge in [0.15, 0.2) is 0 Å². The zero-order chi connectivity index (χ0) is 13.2. The van der Waals surface area contributed by atoms with Crippen molar-refractivity contribution in [2.24, 2.45) is 0 Å². The van der Waals surface area contributed by atoms with Crippen molar-refractivity contribution in [3.8, 4) is 6.07 Å². The van der Waals surface area contributed by atoms with Gasteiger partial charge in [0.25, 0.3) is 0 Å². The summed E-state index contributed by atoms with van der Waals surface area (Å²) in [6.07, 6.45) is 2.70. The van der Waals surface area contributed by atoms with Gasteiger partial charge in [-0.2, -0.15) is 5.26 Å². The van der Waals surface area contributed by atoms with Crippen molar-refractivity contribution >= 4 is 23.3 Å². The van der Waals surface area contributed by atoms with Crippen molar-refractivity contribution in [3.05, 3.63) is 28.8 Å². The van der Waals surface area contributed by atoms with Crippen LogP contribution in [0.3, 0.4) is 0 Å². The smallest absolute Gasteiger partial charge is 0.305 e. The van der Waals surface area contributed by atoms with E-state index in [1.807, 2.05) is 0 Å². The highest BCUT2D eigenvalue weighted by molar-refractivity contribution is 6.30. The molecule has 18 heavy (non-hydrogen) atoms. The second kappa shape index (κ2) is 4.87. The molecule has 2 rings (SSSR count). The summed E-state index contributed by atoms with van der Waals surface area (Å²) >= 11 is 5.83. The lowest BCUT2D eigenvalue weighted by molar-refractivity contribution is -0.138. The van der Waals surface area contributed by atoms with Gasteiger partial charge in [-0.1, -0.05) is 11.6 Å². The van der Waals surface area contributed by atoms with E-state index >= 15 is 0 Å². The van der Waals surface area contributed by atoms with E-state index in [0.717, 1.165) is 19.3 Å². The number of nitriles is 1. The Morgan fingerprint density at radius 3 is 2.78 bits per heavy atom. The third kappa shape index (κ3) is 2.57. The average Bonchev–Trinajstić information content (AvgIpc) is 2.27. The fourth-order valence-corrected chi connectivity index (χ4v) is 2.41. The summed E-state index contributed by atoms with van der Waals surface area (Å²) in [7, 11) is 0. The maximum absolute atomic E-state index is 10.9. The fourth-order valence-electron chi connectivity index (χ4n) is 2.24. The van der Waals surface area contributed by atoms with E-state index in [1.165, 1.54) is 0 Å². The van der Waals surface area contributed by atoms with Gasteiger partial charge >= 0.3 is 5.97 Å². The van der Waals surface area contributed by atoms with E-state index in [-0.39, 0.29) is 6.42 Å². The van der Waals surface area contributed by atoms with Gasteiger partial charge in [-0.25, -0.2) is 0 Å². The Morgan fingerprint density at radius 2 is 2.28 bits per heavy atom. The van der Waals surface area contributed by atoms with Gasteiger partial charge < -0.3 is 10.4 Å². The molecule has 0 aromatic heterocycles. The average molecular weight is 265 g/mol. The molecule has 1 aromatic rings. The van der Waals surface area contributed by atoms with Gasteiger partial charge in [-0.05, 0) is 37.5 Å². The molecule has 1 aromatic carbocycles. The second-order valence-corrected chi connectivity index (χ2v) is 5.07. The second-order valence-electron chi connectivity index (χ2n) is 4.63. The van der Waals surface area contributed by atoms with E-state index in [9.17, 15) is 4.79 Å². The molecule has 94 valence electrons. The third-order valence-electron chi connectivity index (χ3n) is 3.30. The van der Waals surface area contributed by atoms with Crippen LogP contribution in [0, 0.1) is 11.3 Å². The van der Waals surface area contributed by atoms with E-state index in [2.05, 4.69) is 11.4 Å². The number of carboxylic acid groups (broad SMARTS) is 1. The van der Waals surface area contributed by atoms with Crippen LogP contribution in [0.15, 0.2) is 18.2 Å². The molecule has 0 radical (unpaired) electrons. The predicted octanol–water partition coefficient (Wildman–Crippen LogP) is 3.02. The Kier molecular flexibility index (Phi) is 3.44. The molecule has 0 spiro atoms. The lowest BCUT2D eigenvalue weighted by Gasteiger charge is -2.42. The number of nitrogens with zero attached hydrogens (tertiary/aromatic N) is 1. The number of nitrogens with one attached hydrogen (secondary N) is 1. The van der Waals surface area contributed by atoms with E-state index < -0.39 is 11.5 Å². The monoisotopic (exact) mass is 264 g/mol. The molecule has 1 saturated carbocycles. The molecule has 0 heterocycles. The van der Waals surface area contributed by atoms with Crippen molar-refractivity contribution in [1.82, 2.24) is 0 Å². The van der Waals surface area contributed by atoms with Gasteiger partial charge in [0.2, 0.25) is 0 Å². The molecule has 0 bridgehead atoms. The first kappa shape index (κ1) is 12.7. The summed E-state index contributed by atoms with van der Waals surface area (Å²) < 4.78 is 0. The topological polar surface area (TPSA) is 73.1 Å². The summed E-state index contributed by atoms with van der Waals surface area (Å²) in [5, 5.41) is 21.7. The van der Waals surface area contributed by atoms with E-state index in [4.69, 9.17) is 22.0 Å². The van der Waals surface area contributed by atoms with Crippen LogP contribution >= 0.6 is 11.6 Å². The lowest BCUT2D eigenvalue weighted by atomic mass is 9.74. The van der Waals surface area contributed by atoms with Crippen LogP contribution < -0.4 is 5.32 Å². The number of carbonyl (C=O) groups is 1. The molecule has 0 atom stereocenters. The largest absolute Gasteiger partial charge is 0.481 e. The van der Waals surface area contributed by atoms with Crippen molar-refractivity contribution in [3.63, 3.8) is 0 Å². The molecule has 1 aliphatic rings. The van der Waals surface area contributed by atoms with Gasteiger partial charge in [0, 0.05) is 10.6 Å². The SMILES string of the molecule is N#Cc1cc(Cl)ccc1NC1(CC(=O)O)CCC1.